The number of nitrogens with zero attached hydrogens (tertiary/aromatic N) is 5. The Labute approximate surface area is 232 Å². The van der Waals surface area contributed by atoms with Crippen LogP contribution in [0, 0.1) is 5.92 Å². The number of hydrogen-bond donors (Lipinski definition) is 3. The van der Waals surface area contributed by atoms with E-state index in [4.69, 9.17) is 10.7 Å². The molecule has 1 atom stereocenters. The molecule has 4 heterocycles. The van der Waals surface area contributed by atoms with E-state index < -0.39 is 17.6 Å². The van der Waals surface area contributed by atoms with Gasteiger partial charge in [0.15, 0.2) is 0 Å². The summed E-state index contributed by atoms with van der Waals surface area (Å²) in [6.45, 7) is 1.38. The third-order valence-corrected chi connectivity index (χ3v) is 7.31. The molecule has 0 bridgehead atoms. The van der Waals surface area contributed by atoms with Crippen LogP contribution < -0.4 is 21.3 Å². The van der Waals surface area contributed by atoms with Crippen molar-refractivity contribution in [1.29, 1.82) is 0 Å². The van der Waals surface area contributed by atoms with Gasteiger partial charge in [-0.05, 0) is 49.9 Å². The fourth-order valence-electron chi connectivity index (χ4n) is 5.06. The van der Waals surface area contributed by atoms with Crippen LogP contribution in [0.2, 0.25) is 0 Å². The molecule has 6 rings (SSSR count). The Morgan fingerprint density at radius 3 is 2.54 bits per heavy atom. The van der Waals surface area contributed by atoms with E-state index in [0.29, 0.717) is 29.3 Å². The summed E-state index contributed by atoms with van der Waals surface area (Å²) in [5.41, 5.74) is 7.46. The number of nitrogens with one attached hydrogen (secondary N) is 2. The van der Waals surface area contributed by atoms with Crippen LogP contribution >= 0.6 is 0 Å². The van der Waals surface area contributed by atoms with Crippen molar-refractivity contribution in [3.8, 4) is 11.3 Å². The van der Waals surface area contributed by atoms with Gasteiger partial charge < -0.3 is 21.3 Å². The molecule has 1 saturated heterocycles. The molecule has 1 aliphatic heterocycles. The van der Waals surface area contributed by atoms with Crippen molar-refractivity contribution in [2.75, 3.05) is 29.0 Å². The molecular weight excluding hydrogens is 537 g/mol. The maximum atomic E-state index is 13.0. The highest BCUT2D eigenvalue weighted by Crippen LogP contribution is 2.34. The summed E-state index contributed by atoms with van der Waals surface area (Å²) in [6.07, 6.45) is 3.52. The molecule has 2 fully saturated rings. The number of anilines is 3. The Morgan fingerprint density at radius 2 is 1.80 bits per heavy atom. The number of pyridine rings is 1. The van der Waals surface area contributed by atoms with Gasteiger partial charge in [0.1, 0.15) is 22.8 Å². The number of nitrogens with two attached hydrogens (primary N) is 1. The summed E-state index contributed by atoms with van der Waals surface area (Å²) in [7, 11) is 0. The summed E-state index contributed by atoms with van der Waals surface area (Å²) in [5.74, 6) is 0.410. The van der Waals surface area contributed by atoms with E-state index in [-0.39, 0.29) is 35.1 Å². The second-order valence-electron chi connectivity index (χ2n) is 10.3. The molecule has 0 radical (unpaired) electrons. The summed E-state index contributed by atoms with van der Waals surface area (Å²) < 4.78 is 40.9. The van der Waals surface area contributed by atoms with Crippen molar-refractivity contribution in [3.05, 3.63) is 66.1 Å². The first-order valence-corrected chi connectivity index (χ1v) is 13.3. The van der Waals surface area contributed by atoms with Crippen LogP contribution in [0.25, 0.3) is 16.8 Å². The van der Waals surface area contributed by atoms with Gasteiger partial charge in [-0.2, -0.15) is 13.2 Å². The number of rotatable bonds is 6. The van der Waals surface area contributed by atoms with E-state index in [2.05, 4.69) is 25.5 Å². The number of piperidine rings is 1. The molecule has 1 saturated carbocycles. The van der Waals surface area contributed by atoms with Gasteiger partial charge >= 0.3 is 6.18 Å². The quantitative estimate of drug-likeness (QED) is 0.321. The average Bonchev–Trinajstić information content (AvgIpc) is 3.74. The van der Waals surface area contributed by atoms with Crippen molar-refractivity contribution in [2.24, 2.45) is 5.92 Å². The minimum absolute atomic E-state index is 0.0240. The second-order valence-corrected chi connectivity index (χ2v) is 10.3. The summed E-state index contributed by atoms with van der Waals surface area (Å²) >= 11 is 0. The van der Waals surface area contributed by atoms with E-state index in [1.807, 2.05) is 4.40 Å². The fraction of sp³-hybridized carbons (Fsp3) is 0.321. The molecule has 1 aliphatic carbocycles. The van der Waals surface area contributed by atoms with Gasteiger partial charge in [0, 0.05) is 54.8 Å². The lowest BCUT2D eigenvalue weighted by Crippen LogP contribution is -2.48. The average molecular weight is 565 g/mol. The van der Waals surface area contributed by atoms with E-state index in [9.17, 15) is 22.8 Å². The number of nitrogen functional groups attached to an aromatic ring is 1. The Bertz CT molecular complexity index is 1620. The topological polar surface area (TPSA) is 131 Å². The lowest BCUT2D eigenvalue weighted by Gasteiger charge is -2.33. The van der Waals surface area contributed by atoms with E-state index in [0.717, 1.165) is 50.6 Å². The largest absolute Gasteiger partial charge is 0.416 e. The Morgan fingerprint density at radius 1 is 1.02 bits per heavy atom. The second kappa shape index (κ2) is 10.4. The van der Waals surface area contributed by atoms with Crippen LogP contribution in [0.1, 0.15) is 41.6 Å². The number of amides is 2. The first-order chi connectivity index (χ1) is 19.7. The number of benzene rings is 1. The molecule has 4 aromatic rings. The molecule has 2 aliphatic rings. The molecule has 4 N–H and O–H groups in total. The molecule has 41 heavy (non-hydrogen) atoms. The first kappa shape index (κ1) is 26.5. The zero-order valence-corrected chi connectivity index (χ0v) is 21.9. The molecule has 0 unspecified atom stereocenters. The van der Waals surface area contributed by atoms with E-state index in [1.165, 1.54) is 0 Å². The minimum atomic E-state index is -4.55. The SMILES string of the molecule is Nc1nccn2c(N3CCC[C@H](NC(=O)C4CC4)C3)nc(-c3ccc(C(=O)Nc4cc(C(F)(F)F)ccn4)cc3)c12. The van der Waals surface area contributed by atoms with Crippen molar-refractivity contribution in [2.45, 2.75) is 37.9 Å². The van der Waals surface area contributed by atoms with Gasteiger partial charge in [0.05, 0.1) is 5.56 Å². The lowest BCUT2D eigenvalue weighted by molar-refractivity contribution is -0.137. The zero-order valence-electron chi connectivity index (χ0n) is 21.9. The number of alkyl halides is 3. The highest BCUT2D eigenvalue weighted by Gasteiger charge is 2.33. The summed E-state index contributed by atoms with van der Waals surface area (Å²) in [5, 5.41) is 5.58. The Kier molecular flexibility index (Phi) is 6.72. The van der Waals surface area contributed by atoms with Gasteiger partial charge in [0.25, 0.3) is 5.91 Å². The van der Waals surface area contributed by atoms with Crippen LogP contribution in [0.5, 0.6) is 0 Å². The monoisotopic (exact) mass is 564 g/mol. The number of carbonyl (C=O) groups is 2. The normalized spacial score (nSPS) is 17.4. The van der Waals surface area contributed by atoms with Gasteiger partial charge in [0.2, 0.25) is 11.9 Å². The predicted octanol–water partition coefficient (Wildman–Crippen LogP) is 4.14. The van der Waals surface area contributed by atoms with Crippen LogP contribution in [-0.4, -0.2) is 50.3 Å². The number of carbonyl (C=O) groups excluding carboxylic acids is 2. The Balaban J connectivity index is 1.24. The molecule has 13 heteroatoms. The van der Waals surface area contributed by atoms with Crippen LogP contribution in [0.3, 0.4) is 0 Å². The fourth-order valence-corrected chi connectivity index (χ4v) is 5.06. The number of imidazole rings is 1. The molecule has 212 valence electrons. The van der Waals surface area contributed by atoms with Crippen molar-refractivity contribution >= 4 is 34.9 Å². The molecule has 10 nitrogen and oxygen atoms in total. The summed E-state index contributed by atoms with van der Waals surface area (Å²) in [6, 6.07) is 8.14. The van der Waals surface area contributed by atoms with Crippen LogP contribution in [0.4, 0.5) is 30.8 Å². The molecule has 0 spiro atoms. The van der Waals surface area contributed by atoms with E-state index >= 15 is 0 Å². The van der Waals surface area contributed by atoms with Crippen LogP contribution in [-0.2, 0) is 11.0 Å². The maximum absolute atomic E-state index is 13.0. The summed E-state index contributed by atoms with van der Waals surface area (Å²) in [4.78, 5) is 40.2. The minimum Gasteiger partial charge on any atom is -0.382 e. The third kappa shape index (κ3) is 5.52. The molecule has 3 aromatic heterocycles. The third-order valence-electron chi connectivity index (χ3n) is 7.31. The van der Waals surface area contributed by atoms with Gasteiger partial charge in [-0.3, -0.25) is 14.0 Å². The van der Waals surface area contributed by atoms with Crippen molar-refractivity contribution in [3.63, 3.8) is 0 Å². The zero-order chi connectivity index (χ0) is 28.7. The van der Waals surface area contributed by atoms with Gasteiger partial charge in [-0.25, -0.2) is 15.0 Å². The first-order valence-electron chi connectivity index (χ1n) is 13.3. The number of aromatic nitrogens is 4. The molecular formula is C28H27F3N8O2. The number of fused-ring (bicyclic) bond motifs is 1. The number of halogens is 3. The van der Waals surface area contributed by atoms with Gasteiger partial charge in [-0.1, -0.05) is 12.1 Å². The molecule has 1 aromatic carbocycles. The van der Waals surface area contributed by atoms with E-state index in [1.54, 1.807) is 36.7 Å². The van der Waals surface area contributed by atoms with Gasteiger partial charge in [-0.15, -0.1) is 0 Å². The highest BCUT2D eigenvalue weighted by atomic mass is 19.4. The number of hydrogen-bond acceptors (Lipinski definition) is 7. The smallest absolute Gasteiger partial charge is 0.382 e. The predicted molar refractivity (Wildman–Crippen MR) is 146 cm³/mol. The Hall–Kier alpha value is -4.68. The lowest BCUT2D eigenvalue weighted by atomic mass is 10.1. The molecule has 2 amide bonds. The van der Waals surface area contributed by atoms with Crippen molar-refractivity contribution < 1.29 is 22.8 Å². The standard InChI is InChI=1S/C28H27F3N8O2/c29-28(30,31)19-9-10-33-21(14-19)36-26(41)18-5-3-16(4-6-18)22-23-24(32)34-11-13-39(23)27(37-22)38-12-1-2-20(15-38)35-25(40)17-7-8-17/h3-6,9-11,13-14,17,20H,1-2,7-8,12,15H2,(H2,32,34)(H,35,40)(H,33,36,41)/t20-/m0/s1. The van der Waals surface area contributed by atoms with Crippen molar-refractivity contribution in [1.82, 2.24) is 24.7 Å². The van der Waals surface area contributed by atoms with Crippen LogP contribution in [0.15, 0.2) is 55.0 Å². The maximum Gasteiger partial charge on any atom is 0.416 e. The highest BCUT2D eigenvalue weighted by molar-refractivity contribution is 6.04.